The topological polar surface area (TPSA) is 9.23 Å². The molecular formula is C14H32OSi. The number of hydrogen-bond donors (Lipinski definition) is 0. The van der Waals surface area contributed by atoms with Gasteiger partial charge in [-0.15, -0.1) is 0 Å². The number of hydrogen-bond acceptors (Lipinski definition) is 1. The molecule has 0 aliphatic rings. The average molecular weight is 244 g/mol. The van der Waals surface area contributed by atoms with E-state index < -0.39 is 8.32 Å². The van der Waals surface area contributed by atoms with E-state index in [1.807, 2.05) is 0 Å². The van der Waals surface area contributed by atoms with Crippen molar-refractivity contribution in [2.45, 2.75) is 84.4 Å². The standard InChI is InChI=1S/C14H32OSi/c1-5-9-12-16(15-8-4,13-10-6-2)14-11-7-3/h5-14H2,1-4H3. The van der Waals surface area contributed by atoms with Gasteiger partial charge in [-0.05, 0) is 25.1 Å². The third-order valence-electron chi connectivity index (χ3n) is 3.41. The molecule has 16 heavy (non-hydrogen) atoms. The van der Waals surface area contributed by atoms with Crippen molar-refractivity contribution < 1.29 is 4.43 Å². The Kier molecular flexibility index (Phi) is 10.5. The Hall–Kier alpha value is 0.177. The average Bonchev–Trinajstić information content (AvgIpc) is 2.31. The molecular weight excluding hydrogens is 212 g/mol. The van der Waals surface area contributed by atoms with E-state index in [4.69, 9.17) is 4.43 Å². The molecule has 0 aromatic heterocycles. The van der Waals surface area contributed by atoms with Crippen LogP contribution in [0.4, 0.5) is 0 Å². The molecule has 0 atom stereocenters. The molecule has 0 rings (SSSR count). The van der Waals surface area contributed by atoms with Crippen molar-refractivity contribution in [3.8, 4) is 0 Å². The summed E-state index contributed by atoms with van der Waals surface area (Å²) in [5.74, 6) is 0. The summed E-state index contributed by atoms with van der Waals surface area (Å²) in [5, 5.41) is 0. The maximum Gasteiger partial charge on any atom is 0.192 e. The van der Waals surface area contributed by atoms with Gasteiger partial charge >= 0.3 is 0 Å². The Morgan fingerprint density at radius 1 is 0.688 bits per heavy atom. The van der Waals surface area contributed by atoms with E-state index in [2.05, 4.69) is 27.7 Å². The molecule has 0 saturated carbocycles. The third kappa shape index (κ3) is 6.69. The van der Waals surface area contributed by atoms with Gasteiger partial charge in [-0.1, -0.05) is 59.3 Å². The molecule has 1 nitrogen and oxygen atoms in total. The summed E-state index contributed by atoms with van der Waals surface area (Å²) in [5.41, 5.74) is 0. The van der Waals surface area contributed by atoms with Crippen molar-refractivity contribution in [3.05, 3.63) is 0 Å². The first-order valence-electron chi connectivity index (χ1n) is 7.38. The zero-order valence-electron chi connectivity index (χ0n) is 12.0. The van der Waals surface area contributed by atoms with Crippen molar-refractivity contribution in [1.82, 2.24) is 0 Å². The van der Waals surface area contributed by atoms with Crippen LogP contribution in [0, 0.1) is 0 Å². The Labute approximate surface area is 104 Å². The molecule has 0 unspecified atom stereocenters. The predicted octanol–water partition coefficient (Wildman–Crippen LogP) is 5.37. The van der Waals surface area contributed by atoms with Crippen LogP contribution in [0.25, 0.3) is 0 Å². The first-order valence-corrected chi connectivity index (χ1v) is 9.91. The Morgan fingerprint density at radius 2 is 1.06 bits per heavy atom. The maximum atomic E-state index is 6.27. The van der Waals surface area contributed by atoms with E-state index >= 15 is 0 Å². The van der Waals surface area contributed by atoms with Gasteiger partial charge in [0.25, 0.3) is 0 Å². The smallest absolute Gasteiger partial charge is 0.192 e. The van der Waals surface area contributed by atoms with Gasteiger partial charge in [0, 0.05) is 6.61 Å². The maximum absolute atomic E-state index is 6.27. The van der Waals surface area contributed by atoms with Gasteiger partial charge in [0.15, 0.2) is 8.32 Å². The summed E-state index contributed by atoms with van der Waals surface area (Å²) in [7, 11) is -1.36. The molecule has 0 heterocycles. The SMILES string of the molecule is CCCC[Si](CCCC)(CCCC)OCC. The molecule has 0 saturated heterocycles. The largest absolute Gasteiger partial charge is 0.417 e. The fourth-order valence-corrected chi connectivity index (χ4v) is 7.18. The van der Waals surface area contributed by atoms with Crippen LogP contribution in [-0.4, -0.2) is 14.9 Å². The molecule has 0 aromatic rings. The van der Waals surface area contributed by atoms with Gasteiger partial charge in [0.05, 0.1) is 0 Å². The van der Waals surface area contributed by atoms with Crippen molar-refractivity contribution in [3.63, 3.8) is 0 Å². The molecule has 0 aromatic carbocycles. The second-order valence-electron chi connectivity index (χ2n) is 4.93. The van der Waals surface area contributed by atoms with Crippen LogP contribution >= 0.6 is 0 Å². The van der Waals surface area contributed by atoms with Crippen molar-refractivity contribution in [1.29, 1.82) is 0 Å². The molecule has 2 heteroatoms. The molecule has 0 amide bonds. The second kappa shape index (κ2) is 10.3. The van der Waals surface area contributed by atoms with Gasteiger partial charge in [-0.2, -0.15) is 0 Å². The summed E-state index contributed by atoms with van der Waals surface area (Å²) < 4.78 is 6.27. The van der Waals surface area contributed by atoms with Gasteiger partial charge in [0.2, 0.25) is 0 Å². The van der Waals surface area contributed by atoms with Crippen LogP contribution in [0.2, 0.25) is 18.1 Å². The molecule has 98 valence electrons. The first kappa shape index (κ1) is 16.2. The fraction of sp³-hybridized carbons (Fsp3) is 1.00. The van der Waals surface area contributed by atoms with Crippen LogP contribution in [0.3, 0.4) is 0 Å². The van der Waals surface area contributed by atoms with E-state index in [-0.39, 0.29) is 0 Å². The summed E-state index contributed by atoms with van der Waals surface area (Å²) in [6, 6.07) is 4.20. The molecule has 0 aliphatic carbocycles. The van der Waals surface area contributed by atoms with Crippen molar-refractivity contribution >= 4 is 8.32 Å². The highest BCUT2D eigenvalue weighted by Gasteiger charge is 2.32. The highest BCUT2D eigenvalue weighted by Crippen LogP contribution is 2.29. The minimum absolute atomic E-state index is 0.934. The second-order valence-corrected chi connectivity index (χ2v) is 9.08. The molecule has 0 fully saturated rings. The first-order chi connectivity index (χ1) is 7.74. The Balaban J connectivity index is 4.32. The van der Waals surface area contributed by atoms with Gasteiger partial charge in [0.1, 0.15) is 0 Å². The van der Waals surface area contributed by atoms with Crippen LogP contribution in [0.5, 0.6) is 0 Å². The van der Waals surface area contributed by atoms with Crippen molar-refractivity contribution in [2.24, 2.45) is 0 Å². The lowest BCUT2D eigenvalue weighted by molar-refractivity contribution is 0.314. The number of unbranched alkanes of at least 4 members (excludes halogenated alkanes) is 3. The van der Waals surface area contributed by atoms with E-state index in [0.29, 0.717) is 0 Å². The Bertz CT molecular complexity index is 126. The van der Waals surface area contributed by atoms with Crippen LogP contribution < -0.4 is 0 Å². The molecule has 0 N–H and O–H groups in total. The van der Waals surface area contributed by atoms with Gasteiger partial charge < -0.3 is 4.43 Å². The van der Waals surface area contributed by atoms with E-state index in [1.54, 1.807) is 0 Å². The van der Waals surface area contributed by atoms with Crippen molar-refractivity contribution in [2.75, 3.05) is 6.61 Å². The van der Waals surface area contributed by atoms with E-state index in [9.17, 15) is 0 Å². The fourth-order valence-electron chi connectivity index (χ4n) is 2.39. The molecule has 0 spiro atoms. The Morgan fingerprint density at radius 3 is 1.31 bits per heavy atom. The van der Waals surface area contributed by atoms with Gasteiger partial charge in [-0.3, -0.25) is 0 Å². The van der Waals surface area contributed by atoms with Crippen LogP contribution in [0.15, 0.2) is 0 Å². The summed E-state index contributed by atoms with van der Waals surface area (Å²) >= 11 is 0. The lowest BCUT2D eigenvalue weighted by atomic mass is 10.4. The molecule has 0 radical (unpaired) electrons. The highest BCUT2D eigenvalue weighted by molar-refractivity contribution is 6.73. The van der Waals surface area contributed by atoms with Crippen LogP contribution in [0.1, 0.15) is 66.2 Å². The summed E-state index contributed by atoms with van der Waals surface area (Å²) in [6.45, 7) is 10.00. The quantitative estimate of drug-likeness (QED) is 0.444. The monoisotopic (exact) mass is 244 g/mol. The van der Waals surface area contributed by atoms with Gasteiger partial charge in [-0.25, -0.2) is 0 Å². The van der Waals surface area contributed by atoms with Crippen LogP contribution in [-0.2, 0) is 4.43 Å². The highest BCUT2D eigenvalue weighted by atomic mass is 28.4. The normalized spacial score (nSPS) is 12.0. The summed E-state index contributed by atoms with van der Waals surface area (Å²) in [4.78, 5) is 0. The molecule has 0 aliphatic heterocycles. The zero-order valence-corrected chi connectivity index (χ0v) is 13.0. The lowest BCUT2D eigenvalue weighted by Crippen LogP contribution is -2.38. The zero-order chi connectivity index (χ0) is 12.3. The molecule has 0 bridgehead atoms. The van der Waals surface area contributed by atoms with E-state index in [0.717, 1.165) is 6.61 Å². The summed E-state index contributed by atoms with van der Waals surface area (Å²) in [6.07, 6.45) is 8.08. The predicted molar refractivity (Wildman–Crippen MR) is 76.5 cm³/mol. The third-order valence-corrected chi connectivity index (χ3v) is 8.10. The number of rotatable bonds is 11. The van der Waals surface area contributed by atoms with E-state index in [1.165, 1.54) is 56.7 Å². The lowest BCUT2D eigenvalue weighted by Gasteiger charge is -2.31. The minimum Gasteiger partial charge on any atom is -0.417 e. The minimum atomic E-state index is -1.36.